The Morgan fingerprint density at radius 1 is 1.00 bits per heavy atom. The summed E-state index contributed by atoms with van der Waals surface area (Å²) in [4.78, 5) is 34.5. The first kappa shape index (κ1) is 15.9. The highest BCUT2D eigenvalue weighted by molar-refractivity contribution is 5.92. The summed E-state index contributed by atoms with van der Waals surface area (Å²) in [6, 6.07) is 5.32. The Labute approximate surface area is 135 Å². The molecule has 2 fully saturated rings. The van der Waals surface area contributed by atoms with E-state index in [2.05, 4.69) is 9.88 Å². The number of rotatable bonds is 3. The summed E-state index contributed by atoms with van der Waals surface area (Å²) in [7, 11) is 0. The molecule has 2 amide bonds. The number of amides is 2. The van der Waals surface area contributed by atoms with Crippen molar-refractivity contribution in [2.75, 3.05) is 59.0 Å². The Balaban J connectivity index is 1.48. The summed E-state index contributed by atoms with van der Waals surface area (Å²) in [5, 5.41) is 0. The second kappa shape index (κ2) is 7.52. The van der Waals surface area contributed by atoms with Crippen LogP contribution in [-0.4, -0.2) is 90.5 Å². The number of ether oxygens (including phenoxy) is 1. The Morgan fingerprint density at radius 2 is 1.70 bits per heavy atom. The minimum absolute atomic E-state index is 0.0640. The standard InChI is InChI=1S/C16H22N4O3/c21-15(13-18-9-11-23-12-10-18)19-5-7-20(8-6-19)16(22)14-3-1-2-4-17-14/h1-4H,5-13H2. The molecule has 3 heterocycles. The van der Waals surface area contributed by atoms with Crippen LogP contribution >= 0.6 is 0 Å². The van der Waals surface area contributed by atoms with Gasteiger partial charge in [-0.2, -0.15) is 0 Å². The lowest BCUT2D eigenvalue weighted by atomic mass is 10.2. The third-order valence-electron chi connectivity index (χ3n) is 4.27. The molecule has 0 radical (unpaired) electrons. The number of carbonyl (C=O) groups excluding carboxylic acids is 2. The van der Waals surface area contributed by atoms with Crippen molar-refractivity contribution in [2.24, 2.45) is 0 Å². The third-order valence-corrected chi connectivity index (χ3v) is 4.27. The average molecular weight is 318 g/mol. The van der Waals surface area contributed by atoms with Gasteiger partial charge in [0.1, 0.15) is 5.69 Å². The van der Waals surface area contributed by atoms with Gasteiger partial charge in [-0.05, 0) is 12.1 Å². The number of nitrogens with zero attached hydrogens (tertiary/aromatic N) is 4. The number of hydrogen-bond donors (Lipinski definition) is 0. The number of carbonyl (C=O) groups is 2. The zero-order valence-corrected chi connectivity index (χ0v) is 13.2. The minimum atomic E-state index is -0.0640. The molecule has 23 heavy (non-hydrogen) atoms. The van der Waals surface area contributed by atoms with E-state index >= 15 is 0 Å². The number of morpholine rings is 1. The fraction of sp³-hybridized carbons (Fsp3) is 0.562. The molecule has 0 unspecified atom stereocenters. The van der Waals surface area contributed by atoms with Gasteiger partial charge < -0.3 is 14.5 Å². The van der Waals surface area contributed by atoms with Gasteiger partial charge in [-0.15, -0.1) is 0 Å². The minimum Gasteiger partial charge on any atom is -0.379 e. The van der Waals surface area contributed by atoms with Crippen LogP contribution in [0.1, 0.15) is 10.5 Å². The fourth-order valence-electron chi connectivity index (χ4n) is 2.86. The highest BCUT2D eigenvalue weighted by atomic mass is 16.5. The van der Waals surface area contributed by atoms with Gasteiger partial charge in [0.25, 0.3) is 5.91 Å². The zero-order chi connectivity index (χ0) is 16.1. The summed E-state index contributed by atoms with van der Waals surface area (Å²) >= 11 is 0. The first-order valence-corrected chi connectivity index (χ1v) is 8.02. The van der Waals surface area contributed by atoms with Crippen molar-refractivity contribution in [3.63, 3.8) is 0 Å². The van der Waals surface area contributed by atoms with Crippen LogP contribution in [0.3, 0.4) is 0 Å². The summed E-state index contributed by atoms with van der Waals surface area (Å²) < 4.78 is 5.29. The van der Waals surface area contributed by atoms with Crippen LogP contribution in [0.15, 0.2) is 24.4 Å². The predicted molar refractivity (Wildman–Crippen MR) is 84.0 cm³/mol. The Bertz CT molecular complexity index is 538. The summed E-state index contributed by atoms with van der Waals surface area (Å²) in [5.41, 5.74) is 0.459. The molecule has 0 atom stereocenters. The second-order valence-electron chi connectivity index (χ2n) is 5.78. The maximum absolute atomic E-state index is 12.3. The van der Waals surface area contributed by atoms with Crippen molar-refractivity contribution in [1.29, 1.82) is 0 Å². The van der Waals surface area contributed by atoms with E-state index in [4.69, 9.17) is 4.74 Å². The molecule has 3 rings (SSSR count). The smallest absolute Gasteiger partial charge is 0.272 e. The molecule has 7 heteroatoms. The third kappa shape index (κ3) is 4.05. The summed E-state index contributed by atoms with van der Waals surface area (Å²) in [6.45, 7) is 5.74. The molecule has 2 aliphatic heterocycles. The average Bonchev–Trinajstić information content (AvgIpc) is 2.63. The van der Waals surface area contributed by atoms with Crippen molar-refractivity contribution < 1.29 is 14.3 Å². The van der Waals surface area contributed by atoms with E-state index in [0.29, 0.717) is 51.6 Å². The molecule has 0 aromatic carbocycles. The van der Waals surface area contributed by atoms with Crippen molar-refractivity contribution in [3.05, 3.63) is 30.1 Å². The lowest BCUT2D eigenvalue weighted by Gasteiger charge is -2.36. The van der Waals surface area contributed by atoms with E-state index in [1.807, 2.05) is 11.0 Å². The quantitative estimate of drug-likeness (QED) is 0.765. The molecule has 1 aromatic heterocycles. The van der Waals surface area contributed by atoms with E-state index in [1.54, 1.807) is 23.2 Å². The number of pyridine rings is 1. The highest BCUT2D eigenvalue weighted by Gasteiger charge is 2.26. The van der Waals surface area contributed by atoms with Crippen molar-refractivity contribution in [3.8, 4) is 0 Å². The van der Waals surface area contributed by atoms with Crippen molar-refractivity contribution >= 4 is 11.8 Å². The van der Waals surface area contributed by atoms with Crippen LogP contribution in [0.4, 0.5) is 0 Å². The first-order chi connectivity index (χ1) is 11.2. The van der Waals surface area contributed by atoms with Gasteiger partial charge in [-0.1, -0.05) is 6.07 Å². The van der Waals surface area contributed by atoms with Crippen LogP contribution in [-0.2, 0) is 9.53 Å². The molecule has 0 aliphatic carbocycles. The largest absolute Gasteiger partial charge is 0.379 e. The van der Waals surface area contributed by atoms with Gasteiger partial charge in [0.05, 0.1) is 19.8 Å². The predicted octanol–water partition coefficient (Wildman–Crippen LogP) is -0.302. The normalized spacial score (nSPS) is 19.7. The van der Waals surface area contributed by atoms with Crippen LogP contribution in [0.5, 0.6) is 0 Å². The molecule has 124 valence electrons. The maximum atomic E-state index is 12.3. The van der Waals surface area contributed by atoms with Crippen LogP contribution in [0, 0.1) is 0 Å². The van der Waals surface area contributed by atoms with Gasteiger partial charge >= 0.3 is 0 Å². The topological polar surface area (TPSA) is 66.0 Å². The van der Waals surface area contributed by atoms with Crippen LogP contribution in [0.2, 0.25) is 0 Å². The fourth-order valence-corrected chi connectivity index (χ4v) is 2.86. The van der Waals surface area contributed by atoms with Gasteiger partial charge in [0, 0.05) is 45.5 Å². The van der Waals surface area contributed by atoms with Crippen LogP contribution in [0.25, 0.3) is 0 Å². The molecule has 1 aromatic rings. The van der Waals surface area contributed by atoms with E-state index in [0.717, 1.165) is 13.1 Å². The number of hydrogen-bond acceptors (Lipinski definition) is 5. The van der Waals surface area contributed by atoms with Crippen molar-refractivity contribution in [2.45, 2.75) is 0 Å². The van der Waals surface area contributed by atoms with E-state index in [9.17, 15) is 9.59 Å². The van der Waals surface area contributed by atoms with E-state index in [-0.39, 0.29) is 11.8 Å². The Kier molecular flexibility index (Phi) is 5.19. The first-order valence-electron chi connectivity index (χ1n) is 8.02. The zero-order valence-electron chi connectivity index (χ0n) is 13.2. The number of piperazine rings is 1. The molecule has 0 bridgehead atoms. The van der Waals surface area contributed by atoms with Gasteiger partial charge in [-0.25, -0.2) is 0 Å². The van der Waals surface area contributed by atoms with Gasteiger partial charge in [0.15, 0.2) is 0 Å². The second-order valence-corrected chi connectivity index (χ2v) is 5.78. The lowest BCUT2D eigenvalue weighted by Crippen LogP contribution is -2.53. The molecular formula is C16H22N4O3. The van der Waals surface area contributed by atoms with Crippen LogP contribution < -0.4 is 0 Å². The number of aromatic nitrogens is 1. The van der Waals surface area contributed by atoms with Gasteiger partial charge in [0.2, 0.25) is 5.91 Å². The van der Waals surface area contributed by atoms with Crippen molar-refractivity contribution in [1.82, 2.24) is 19.7 Å². The summed E-state index contributed by atoms with van der Waals surface area (Å²) in [5.74, 6) is 0.0720. The molecule has 2 aliphatic rings. The highest BCUT2D eigenvalue weighted by Crippen LogP contribution is 2.08. The van der Waals surface area contributed by atoms with E-state index < -0.39 is 0 Å². The molecule has 0 spiro atoms. The van der Waals surface area contributed by atoms with E-state index in [1.165, 1.54) is 0 Å². The lowest BCUT2D eigenvalue weighted by molar-refractivity contribution is -0.134. The Hall–Kier alpha value is -1.99. The molecular weight excluding hydrogens is 296 g/mol. The molecule has 0 N–H and O–H groups in total. The monoisotopic (exact) mass is 318 g/mol. The molecule has 0 saturated carbocycles. The molecule has 2 saturated heterocycles. The molecule has 7 nitrogen and oxygen atoms in total. The van der Waals surface area contributed by atoms with Gasteiger partial charge in [-0.3, -0.25) is 19.5 Å². The Morgan fingerprint density at radius 3 is 2.35 bits per heavy atom. The SMILES string of the molecule is O=C(CN1CCOCC1)N1CCN(C(=O)c2ccccn2)CC1. The summed E-state index contributed by atoms with van der Waals surface area (Å²) in [6.07, 6.45) is 1.62. The maximum Gasteiger partial charge on any atom is 0.272 e.